The van der Waals surface area contributed by atoms with E-state index in [-0.39, 0.29) is 16.6 Å². The van der Waals surface area contributed by atoms with Crippen LogP contribution < -0.4 is 0 Å². The van der Waals surface area contributed by atoms with Gasteiger partial charge in [0.25, 0.3) is 0 Å². The molecule has 0 unspecified atom stereocenters. The Kier molecular flexibility index (Phi) is 2.35. The smallest absolute Gasteiger partial charge is 0.139 e. The Labute approximate surface area is 136 Å². The molecule has 0 heterocycles. The maximum atomic E-state index is 12.6. The summed E-state index contributed by atoms with van der Waals surface area (Å²) in [5.41, 5.74) is 3.03. The van der Waals surface area contributed by atoms with Crippen LogP contribution in [0.5, 0.6) is 5.75 Å². The van der Waals surface area contributed by atoms with E-state index < -0.39 is 0 Å². The molecule has 3 heteroatoms. The topological polar surface area (TPSA) is 61.1 Å². The number of ketones is 1. The largest absolute Gasteiger partial charge is 0.507 e. The van der Waals surface area contributed by atoms with Crippen LogP contribution in [0.1, 0.15) is 61.6 Å². The van der Waals surface area contributed by atoms with Crippen LogP contribution in [0.2, 0.25) is 0 Å². The van der Waals surface area contributed by atoms with Crippen LogP contribution in [0.15, 0.2) is 12.1 Å². The number of carbonyl (C=O) groups is 1. The first-order valence-electron chi connectivity index (χ1n) is 8.80. The average molecular weight is 307 g/mol. The number of hydrogen-bond donors (Lipinski definition) is 1. The summed E-state index contributed by atoms with van der Waals surface area (Å²) in [5.74, 6) is 2.28. The number of rotatable bonds is 0. The van der Waals surface area contributed by atoms with Gasteiger partial charge in [-0.15, -0.1) is 0 Å². The maximum Gasteiger partial charge on any atom is 0.139 e. The van der Waals surface area contributed by atoms with Crippen molar-refractivity contribution in [3.05, 3.63) is 28.8 Å². The second kappa shape index (κ2) is 3.98. The predicted molar refractivity (Wildman–Crippen MR) is 84.9 cm³/mol. The number of phenols is 1. The maximum absolute atomic E-state index is 12.6. The summed E-state index contributed by atoms with van der Waals surface area (Å²) in [6.45, 7) is 2.23. The number of Topliss-reactive ketones (excluding diaryl/α,β-unsaturated/α-hetero) is 1. The van der Waals surface area contributed by atoms with Crippen LogP contribution in [-0.2, 0) is 11.2 Å². The van der Waals surface area contributed by atoms with E-state index in [1.54, 1.807) is 6.07 Å². The number of aromatic hydroxyl groups is 1. The summed E-state index contributed by atoms with van der Waals surface area (Å²) in [7, 11) is 0. The number of hydrogen-bond acceptors (Lipinski definition) is 3. The van der Waals surface area contributed by atoms with E-state index in [1.807, 2.05) is 6.07 Å². The van der Waals surface area contributed by atoms with Gasteiger partial charge in [0, 0.05) is 11.8 Å². The summed E-state index contributed by atoms with van der Waals surface area (Å²) < 4.78 is 0. The fourth-order valence-electron chi connectivity index (χ4n) is 6.67. The Morgan fingerprint density at radius 3 is 2.96 bits per heavy atom. The molecule has 3 nitrogen and oxygen atoms in total. The lowest BCUT2D eigenvalue weighted by Gasteiger charge is -2.50. The lowest BCUT2D eigenvalue weighted by atomic mass is 9.52. The molecule has 0 radical (unpaired) electrons. The van der Waals surface area contributed by atoms with Gasteiger partial charge in [-0.2, -0.15) is 5.26 Å². The molecule has 1 N–H and O–H groups in total. The third-order valence-electron chi connectivity index (χ3n) is 7.83. The zero-order valence-electron chi connectivity index (χ0n) is 13.4. The minimum atomic E-state index is -0.0919. The summed E-state index contributed by atoms with van der Waals surface area (Å²) in [6, 6.07) is 5.85. The van der Waals surface area contributed by atoms with Crippen LogP contribution in [-0.4, -0.2) is 10.9 Å². The Hall–Kier alpha value is -1.82. The van der Waals surface area contributed by atoms with Crippen molar-refractivity contribution in [2.24, 2.45) is 22.7 Å². The summed E-state index contributed by atoms with van der Waals surface area (Å²) in [5, 5.41) is 19.2. The second-order valence-corrected chi connectivity index (χ2v) is 8.37. The van der Waals surface area contributed by atoms with Crippen molar-refractivity contribution in [2.75, 3.05) is 0 Å². The minimum absolute atomic E-state index is 0.0919. The van der Waals surface area contributed by atoms with Gasteiger partial charge in [-0.3, -0.25) is 4.79 Å². The normalized spacial score (nSPS) is 43.0. The SMILES string of the molecule is C[C@]12CC[C@@H]3c4cc(C#N)c(O)cc4CC[C@H]3[C@@]13C[C@H]3CC2=O. The van der Waals surface area contributed by atoms with Crippen molar-refractivity contribution in [2.45, 2.75) is 51.4 Å². The molecule has 1 spiro atoms. The summed E-state index contributed by atoms with van der Waals surface area (Å²) in [6.07, 6.45) is 6.16. The van der Waals surface area contributed by atoms with E-state index in [9.17, 15) is 15.2 Å². The Balaban J connectivity index is 1.62. The van der Waals surface area contributed by atoms with Crippen molar-refractivity contribution in [1.29, 1.82) is 5.26 Å². The standard InChI is InChI=1S/C20H21NO2/c1-19-5-4-14-15-6-12(10-21)17(22)7-11(15)2-3-16(14)20(19)9-13(20)8-18(19)23/h6-7,13-14,16,22H,2-5,8-9H2,1H3/t13-,14-,16-,19-,20+/m1/s1. The average Bonchev–Trinajstić information content (AvgIpc) is 3.19. The van der Waals surface area contributed by atoms with Gasteiger partial charge in [-0.1, -0.05) is 6.92 Å². The molecule has 0 saturated heterocycles. The number of fused-ring (bicyclic) bond motifs is 3. The van der Waals surface area contributed by atoms with Gasteiger partial charge in [0.05, 0.1) is 5.56 Å². The fraction of sp³-hybridized carbons (Fsp3) is 0.600. The first-order chi connectivity index (χ1) is 11.0. The molecule has 0 amide bonds. The Morgan fingerprint density at radius 1 is 1.35 bits per heavy atom. The molecule has 1 aromatic carbocycles. The molecule has 23 heavy (non-hydrogen) atoms. The summed E-state index contributed by atoms with van der Waals surface area (Å²) >= 11 is 0. The van der Waals surface area contributed by atoms with Crippen molar-refractivity contribution in [1.82, 2.24) is 0 Å². The number of nitriles is 1. The van der Waals surface area contributed by atoms with E-state index in [2.05, 4.69) is 13.0 Å². The summed E-state index contributed by atoms with van der Waals surface area (Å²) in [4.78, 5) is 12.6. The Bertz CT molecular complexity index is 792. The molecule has 0 aliphatic heterocycles. The van der Waals surface area contributed by atoms with Gasteiger partial charge < -0.3 is 5.11 Å². The van der Waals surface area contributed by atoms with Gasteiger partial charge >= 0.3 is 0 Å². The van der Waals surface area contributed by atoms with E-state index in [0.29, 0.717) is 29.1 Å². The van der Waals surface area contributed by atoms with Crippen molar-refractivity contribution in [3.8, 4) is 11.8 Å². The molecular weight excluding hydrogens is 286 g/mol. The number of nitrogens with zero attached hydrogens (tertiary/aromatic N) is 1. The number of benzene rings is 1. The van der Waals surface area contributed by atoms with E-state index in [4.69, 9.17) is 0 Å². The third kappa shape index (κ3) is 1.39. The minimum Gasteiger partial charge on any atom is -0.507 e. The molecule has 4 aliphatic carbocycles. The number of carbonyl (C=O) groups excluding carboxylic acids is 1. The van der Waals surface area contributed by atoms with E-state index in [1.165, 1.54) is 17.5 Å². The van der Waals surface area contributed by atoms with E-state index in [0.717, 1.165) is 32.1 Å². The molecule has 3 fully saturated rings. The highest BCUT2D eigenvalue weighted by molar-refractivity contribution is 5.90. The highest BCUT2D eigenvalue weighted by atomic mass is 16.3. The van der Waals surface area contributed by atoms with Crippen LogP contribution >= 0.6 is 0 Å². The molecule has 5 atom stereocenters. The van der Waals surface area contributed by atoms with Gasteiger partial charge in [0.2, 0.25) is 0 Å². The molecule has 4 aliphatic rings. The van der Waals surface area contributed by atoms with Crippen LogP contribution in [0.25, 0.3) is 0 Å². The van der Waals surface area contributed by atoms with Gasteiger partial charge in [-0.05, 0) is 78.5 Å². The molecule has 118 valence electrons. The van der Waals surface area contributed by atoms with Gasteiger partial charge in [0.15, 0.2) is 0 Å². The second-order valence-electron chi connectivity index (χ2n) is 8.37. The zero-order chi connectivity index (χ0) is 16.0. The lowest BCUT2D eigenvalue weighted by molar-refractivity contribution is -0.132. The highest BCUT2D eigenvalue weighted by Crippen LogP contribution is 2.80. The number of aryl methyl sites for hydroxylation is 1. The molecule has 3 saturated carbocycles. The zero-order valence-corrected chi connectivity index (χ0v) is 13.4. The van der Waals surface area contributed by atoms with E-state index >= 15 is 0 Å². The van der Waals surface area contributed by atoms with Gasteiger partial charge in [0.1, 0.15) is 17.6 Å². The van der Waals surface area contributed by atoms with Crippen LogP contribution in [0, 0.1) is 34.0 Å². The number of phenolic OH excluding ortho intramolecular Hbond substituents is 1. The first kappa shape index (κ1) is 13.6. The monoisotopic (exact) mass is 307 g/mol. The van der Waals surface area contributed by atoms with Crippen molar-refractivity contribution < 1.29 is 9.90 Å². The Morgan fingerprint density at radius 2 is 2.17 bits per heavy atom. The predicted octanol–water partition coefficient (Wildman–Crippen LogP) is 3.69. The quantitative estimate of drug-likeness (QED) is 0.795. The fourth-order valence-corrected chi connectivity index (χ4v) is 6.67. The molecule has 0 aromatic heterocycles. The molecule has 5 rings (SSSR count). The lowest BCUT2D eigenvalue weighted by Crippen LogP contribution is -2.46. The third-order valence-corrected chi connectivity index (χ3v) is 7.83. The van der Waals surface area contributed by atoms with Crippen LogP contribution in [0.3, 0.4) is 0 Å². The van der Waals surface area contributed by atoms with Crippen molar-refractivity contribution >= 4 is 5.78 Å². The molecule has 1 aromatic rings. The first-order valence-corrected chi connectivity index (χ1v) is 8.80. The van der Waals surface area contributed by atoms with Gasteiger partial charge in [-0.25, -0.2) is 0 Å². The van der Waals surface area contributed by atoms with Crippen molar-refractivity contribution in [3.63, 3.8) is 0 Å². The highest BCUT2D eigenvalue weighted by Gasteiger charge is 2.76. The molecule has 0 bridgehead atoms. The van der Waals surface area contributed by atoms with Crippen LogP contribution in [0.4, 0.5) is 0 Å². The molecular formula is C20H21NO2.